The van der Waals surface area contributed by atoms with Gasteiger partial charge in [0.25, 0.3) is 0 Å². The summed E-state index contributed by atoms with van der Waals surface area (Å²) in [6, 6.07) is 0. The second-order valence-corrected chi connectivity index (χ2v) is 3.91. The van der Waals surface area contributed by atoms with E-state index >= 15 is 0 Å². The first-order valence-corrected chi connectivity index (χ1v) is 6.02. The van der Waals surface area contributed by atoms with E-state index in [0.717, 1.165) is 6.42 Å². The molecule has 90 valence electrons. The number of aliphatic hydroxyl groups excluding tert-OH is 1. The molecule has 0 amide bonds. The summed E-state index contributed by atoms with van der Waals surface area (Å²) in [7, 11) is 0. The first kappa shape index (κ1) is 21.2. The van der Waals surface area contributed by atoms with Crippen molar-refractivity contribution in [2.24, 2.45) is 0 Å². The summed E-state index contributed by atoms with van der Waals surface area (Å²) in [6.45, 7) is 2.63. The van der Waals surface area contributed by atoms with Crippen LogP contribution in [0.2, 0.25) is 0 Å². The van der Waals surface area contributed by atoms with E-state index in [1.165, 1.54) is 57.8 Å². The van der Waals surface area contributed by atoms with E-state index in [-0.39, 0.29) is 37.1 Å². The van der Waals surface area contributed by atoms with Gasteiger partial charge in [-0.3, -0.25) is 0 Å². The molecule has 4 N–H and O–H groups in total. The molecule has 0 radical (unpaired) electrons. The summed E-state index contributed by atoms with van der Waals surface area (Å²) in [5, 5.41) is 8.57. The SMILES string of the molecule is CCCCCCCCCCCCO.N.[H-].[Na+]. The van der Waals surface area contributed by atoms with Gasteiger partial charge in [0.2, 0.25) is 0 Å². The molecule has 0 bridgehead atoms. The average Bonchev–Trinajstić information content (AvgIpc) is 2.16. The van der Waals surface area contributed by atoms with Gasteiger partial charge in [0, 0.05) is 6.61 Å². The quantitative estimate of drug-likeness (QED) is 0.435. The van der Waals surface area contributed by atoms with Gasteiger partial charge < -0.3 is 12.7 Å². The van der Waals surface area contributed by atoms with Crippen molar-refractivity contribution >= 4 is 0 Å². The van der Waals surface area contributed by atoms with E-state index in [1.54, 1.807) is 0 Å². The van der Waals surface area contributed by atoms with Crippen molar-refractivity contribution in [1.29, 1.82) is 0 Å². The summed E-state index contributed by atoms with van der Waals surface area (Å²) in [4.78, 5) is 0. The minimum absolute atomic E-state index is 0. The molecule has 0 atom stereocenters. The molecule has 0 aliphatic carbocycles. The maximum atomic E-state index is 8.57. The van der Waals surface area contributed by atoms with Crippen LogP contribution in [-0.2, 0) is 0 Å². The third-order valence-electron chi connectivity index (χ3n) is 2.51. The standard InChI is InChI=1S/C12H26O.H3N.Na.H/c1-2-3-4-5-6-7-8-9-10-11-12-13;;;/h13H,2-12H2,1H3;1H3;;/q;;+1;-1. The Morgan fingerprint density at radius 3 is 1.40 bits per heavy atom. The van der Waals surface area contributed by atoms with Crippen molar-refractivity contribution in [3.8, 4) is 0 Å². The van der Waals surface area contributed by atoms with Crippen LogP contribution in [0.1, 0.15) is 72.6 Å². The normalized spacial score (nSPS) is 9.20. The van der Waals surface area contributed by atoms with E-state index in [4.69, 9.17) is 5.11 Å². The predicted octanol–water partition coefficient (Wildman–Crippen LogP) is 1.18. The number of aliphatic hydroxyl groups is 1. The molecule has 0 aromatic heterocycles. The van der Waals surface area contributed by atoms with E-state index in [1.807, 2.05) is 0 Å². The summed E-state index contributed by atoms with van der Waals surface area (Å²) in [5.74, 6) is 0. The molecule has 0 aromatic rings. The average molecular weight is 227 g/mol. The van der Waals surface area contributed by atoms with Gasteiger partial charge in [0.05, 0.1) is 0 Å². The van der Waals surface area contributed by atoms with Crippen molar-refractivity contribution in [2.75, 3.05) is 6.61 Å². The zero-order valence-corrected chi connectivity index (χ0v) is 12.9. The molecule has 0 aliphatic heterocycles. The largest absolute Gasteiger partial charge is 1.00 e. The molecule has 0 spiro atoms. The molecular formula is C12H30NNaO. The zero-order chi connectivity index (χ0) is 9.78. The smallest absolute Gasteiger partial charge is 1.00 e. The summed E-state index contributed by atoms with van der Waals surface area (Å²) >= 11 is 0. The Morgan fingerprint density at radius 1 is 0.733 bits per heavy atom. The van der Waals surface area contributed by atoms with Gasteiger partial charge in [-0.05, 0) is 6.42 Å². The molecule has 0 aliphatic rings. The van der Waals surface area contributed by atoms with Crippen molar-refractivity contribution in [1.82, 2.24) is 6.15 Å². The molecule has 0 saturated carbocycles. The first-order chi connectivity index (χ1) is 6.41. The van der Waals surface area contributed by atoms with Gasteiger partial charge in [-0.2, -0.15) is 0 Å². The maximum absolute atomic E-state index is 8.57. The van der Waals surface area contributed by atoms with Gasteiger partial charge in [-0.25, -0.2) is 0 Å². The molecule has 2 nitrogen and oxygen atoms in total. The van der Waals surface area contributed by atoms with Gasteiger partial charge in [-0.15, -0.1) is 0 Å². The Hall–Kier alpha value is 0.920. The van der Waals surface area contributed by atoms with E-state index in [0.29, 0.717) is 6.61 Å². The van der Waals surface area contributed by atoms with Gasteiger partial charge in [-0.1, -0.05) is 64.7 Å². The van der Waals surface area contributed by atoms with E-state index < -0.39 is 0 Å². The third-order valence-corrected chi connectivity index (χ3v) is 2.51. The van der Waals surface area contributed by atoms with Gasteiger partial charge in [0.1, 0.15) is 0 Å². The molecule has 0 rings (SSSR count). The minimum Gasteiger partial charge on any atom is -1.00 e. The van der Waals surface area contributed by atoms with E-state index in [9.17, 15) is 0 Å². The summed E-state index contributed by atoms with van der Waals surface area (Å²) in [5.41, 5.74) is 0. The second kappa shape index (κ2) is 20.3. The van der Waals surface area contributed by atoms with Crippen LogP contribution in [-0.4, -0.2) is 11.7 Å². The van der Waals surface area contributed by atoms with Crippen LogP contribution in [0.5, 0.6) is 0 Å². The van der Waals surface area contributed by atoms with Crippen LogP contribution in [0.3, 0.4) is 0 Å². The fourth-order valence-electron chi connectivity index (χ4n) is 1.60. The molecule has 0 heterocycles. The number of rotatable bonds is 10. The number of hydrogen-bond acceptors (Lipinski definition) is 2. The van der Waals surface area contributed by atoms with Crippen LogP contribution >= 0.6 is 0 Å². The van der Waals surface area contributed by atoms with Crippen LogP contribution in [0, 0.1) is 0 Å². The monoisotopic (exact) mass is 227 g/mol. The molecule has 0 aromatic carbocycles. The maximum Gasteiger partial charge on any atom is 1.00 e. The minimum atomic E-state index is 0. The Kier molecular flexibility index (Phi) is 28.8. The molecule has 0 unspecified atom stereocenters. The Bertz CT molecular complexity index is 87.1. The van der Waals surface area contributed by atoms with Crippen molar-refractivity contribution in [3.63, 3.8) is 0 Å². The van der Waals surface area contributed by atoms with Crippen LogP contribution in [0.4, 0.5) is 0 Å². The number of unbranched alkanes of at least 4 members (excludes halogenated alkanes) is 9. The van der Waals surface area contributed by atoms with E-state index in [2.05, 4.69) is 6.92 Å². The van der Waals surface area contributed by atoms with Crippen molar-refractivity contribution in [2.45, 2.75) is 71.1 Å². The molecule has 0 fully saturated rings. The Balaban J connectivity index is -0.000000240. The van der Waals surface area contributed by atoms with Crippen LogP contribution in [0.15, 0.2) is 0 Å². The Morgan fingerprint density at radius 2 is 1.07 bits per heavy atom. The molecule has 15 heavy (non-hydrogen) atoms. The fourth-order valence-corrected chi connectivity index (χ4v) is 1.60. The summed E-state index contributed by atoms with van der Waals surface area (Å²) in [6.07, 6.45) is 13.3. The first-order valence-electron chi connectivity index (χ1n) is 6.02. The molecule has 0 saturated heterocycles. The topological polar surface area (TPSA) is 55.2 Å². The fraction of sp³-hybridized carbons (Fsp3) is 1.00. The second-order valence-electron chi connectivity index (χ2n) is 3.91. The van der Waals surface area contributed by atoms with Crippen LogP contribution < -0.4 is 35.7 Å². The predicted molar refractivity (Wildman–Crippen MR) is 65.1 cm³/mol. The van der Waals surface area contributed by atoms with Gasteiger partial charge >= 0.3 is 29.6 Å². The zero-order valence-electron chi connectivity index (χ0n) is 11.9. The Labute approximate surface area is 120 Å². The number of hydrogen-bond donors (Lipinski definition) is 2. The van der Waals surface area contributed by atoms with Crippen molar-refractivity contribution in [3.05, 3.63) is 0 Å². The molecular weight excluding hydrogens is 197 g/mol. The summed E-state index contributed by atoms with van der Waals surface area (Å²) < 4.78 is 0. The third kappa shape index (κ3) is 20.9. The van der Waals surface area contributed by atoms with Gasteiger partial charge in [0.15, 0.2) is 0 Å². The van der Waals surface area contributed by atoms with Crippen molar-refractivity contribution < 1.29 is 36.1 Å². The molecule has 3 heteroatoms. The van der Waals surface area contributed by atoms with Crippen LogP contribution in [0.25, 0.3) is 0 Å².